The van der Waals surface area contributed by atoms with Gasteiger partial charge in [0, 0.05) is 23.7 Å². The van der Waals surface area contributed by atoms with E-state index in [4.69, 9.17) is 4.74 Å². The fourth-order valence-electron chi connectivity index (χ4n) is 4.49. The standard InChI is InChI=1S/C32H43FN2O2S/c1-3-4-5-6-7-8-9-10-11-12-13-14-21-37-31-20-17-28(22-30(31)33)32(36)34-29-18-15-27(16-19-29)23-35-25-38-24-26(35)2/h15-20,22,24-25H,3-14,21,23H2,1-2H3/p+1. The van der Waals surface area contributed by atoms with E-state index in [9.17, 15) is 9.18 Å². The fourth-order valence-corrected chi connectivity index (χ4v) is 5.27. The Balaban J connectivity index is 1.31. The van der Waals surface area contributed by atoms with Gasteiger partial charge < -0.3 is 10.1 Å². The van der Waals surface area contributed by atoms with Gasteiger partial charge in [-0.2, -0.15) is 4.57 Å². The van der Waals surface area contributed by atoms with Crippen molar-refractivity contribution >= 4 is 22.9 Å². The number of nitrogens with one attached hydrogen (secondary N) is 1. The molecule has 0 aliphatic heterocycles. The van der Waals surface area contributed by atoms with Crippen LogP contribution in [0.15, 0.2) is 53.4 Å². The highest BCUT2D eigenvalue weighted by molar-refractivity contribution is 7.07. The number of hydrogen-bond acceptors (Lipinski definition) is 3. The van der Waals surface area contributed by atoms with Crippen LogP contribution < -0.4 is 14.6 Å². The molecule has 1 aromatic heterocycles. The van der Waals surface area contributed by atoms with Crippen LogP contribution in [0.25, 0.3) is 0 Å². The van der Waals surface area contributed by atoms with Crippen molar-refractivity contribution in [3.8, 4) is 5.75 Å². The van der Waals surface area contributed by atoms with Crippen LogP contribution in [0.4, 0.5) is 10.1 Å². The predicted molar refractivity (Wildman–Crippen MR) is 156 cm³/mol. The first-order valence-electron chi connectivity index (χ1n) is 14.3. The summed E-state index contributed by atoms with van der Waals surface area (Å²) in [6.45, 7) is 5.62. The minimum atomic E-state index is -0.505. The van der Waals surface area contributed by atoms with Gasteiger partial charge in [0.05, 0.1) is 12.0 Å². The maximum atomic E-state index is 14.6. The molecule has 0 bridgehead atoms. The molecular formula is C32H44FN2O2S+. The van der Waals surface area contributed by atoms with Gasteiger partial charge in [-0.05, 0) is 36.8 Å². The zero-order valence-electron chi connectivity index (χ0n) is 23.1. The van der Waals surface area contributed by atoms with Crippen molar-refractivity contribution in [3.63, 3.8) is 0 Å². The van der Waals surface area contributed by atoms with E-state index < -0.39 is 5.82 Å². The molecule has 3 rings (SSSR count). The quantitative estimate of drug-likeness (QED) is 0.130. The molecule has 0 aliphatic carbocycles. The average molecular weight is 540 g/mol. The summed E-state index contributed by atoms with van der Waals surface area (Å²) in [7, 11) is 0. The zero-order chi connectivity index (χ0) is 27.0. The Bertz CT molecular complexity index is 1100. The maximum Gasteiger partial charge on any atom is 0.255 e. The lowest BCUT2D eigenvalue weighted by Gasteiger charge is -2.10. The number of thiazole rings is 1. The second kappa shape index (κ2) is 17.0. The van der Waals surface area contributed by atoms with Crippen molar-refractivity contribution in [2.75, 3.05) is 11.9 Å². The number of nitrogens with zero attached hydrogens (tertiary/aromatic N) is 1. The summed E-state index contributed by atoms with van der Waals surface area (Å²) in [5.41, 5.74) is 5.41. The number of ether oxygens (including phenoxy) is 1. The molecule has 0 aliphatic rings. The van der Waals surface area contributed by atoms with Crippen molar-refractivity contribution in [2.24, 2.45) is 0 Å². The molecule has 0 saturated heterocycles. The average Bonchev–Trinajstić information content (AvgIpc) is 3.32. The van der Waals surface area contributed by atoms with Crippen LogP contribution >= 0.6 is 11.3 Å². The van der Waals surface area contributed by atoms with Gasteiger partial charge >= 0.3 is 0 Å². The molecule has 1 heterocycles. The largest absolute Gasteiger partial charge is 0.491 e. The number of carbonyl (C=O) groups is 1. The molecule has 0 radical (unpaired) electrons. The van der Waals surface area contributed by atoms with E-state index in [0.717, 1.165) is 24.9 Å². The third-order valence-electron chi connectivity index (χ3n) is 6.89. The van der Waals surface area contributed by atoms with Crippen LogP contribution in [-0.4, -0.2) is 12.5 Å². The van der Waals surface area contributed by atoms with Crippen LogP contribution in [0.2, 0.25) is 0 Å². The first-order chi connectivity index (χ1) is 18.6. The molecule has 0 spiro atoms. The van der Waals surface area contributed by atoms with Crippen molar-refractivity contribution in [2.45, 2.75) is 97.4 Å². The predicted octanol–water partition coefficient (Wildman–Crippen LogP) is 8.86. The molecule has 6 heteroatoms. The minimum absolute atomic E-state index is 0.204. The number of amides is 1. The van der Waals surface area contributed by atoms with E-state index in [-0.39, 0.29) is 17.2 Å². The van der Waals surface area contributed by atoms with E-state index >= 15 is 0 Å². The molecule has 3 aromatic rings. The summed E-state index contributed by atoms with van der Waals surface area (Å²) in [6.07, 6.45) is 15.3. The van der Waals surface area contributed by atoms with E-state index in [1.54, 1.807) is 23.5 Å². The Morgan fingerprint density at radius 3 is 2.11 bits per heavy atom. The highest BCUT2D eigenvalue weighted by atomic mass is 32.1. The van der Waals surface area contributed by atoms with Gasteiger partial charge in [-0.25, -0.2) is 4.39 Å². The number of aryl methyl sites for hydroxylation is 1. The monoisotopic (exact) mass is 539 g/mol. The Hall–Kier alpha value is -2.73. The van der Waals surface area contributed by atoms with Gasteiger partial charge in [-0.15, -0.1) is 0 Å². The van der Waals surface area contributed by atoms with Gasteiger partial charge in [0.25, 0.3) is 5.91 Å². The van der Waals surface area contributed by atoms with Crippen molar-refractivity contribution in [1.29, 1.82) is 0 Å². The summed E-state index contributed by atoms with van der Waals surface area (Å²) in [5, 5.41) is 4.96. The highest BCUT2D eigenvalue weighted by Gasteiger charge is 2.12. The smallest absolute Gasteiger partial charge is 0.255 e. The third kappa shape index (κ3) is 10.6. The van der Waals surface area contributed by atoms with Crippen molar-refractivity contribution in [1.82, 2.24) is 0 Å². The number of aromatic nitrogens is 1. The number of halogens is 1. The molecule has 1 N–H and O–H groups in total. The molecule has 2 aromatic carbocycles. The molecule has 0 unspecified atom stereocenters. The van der Waals surface area contributed by atoms with Crippen molar-refractivity contribution < 1.29 is 18.5 Å². The molecule has 1 amide bonds. The lowest BCUT2D eigenvalue weighted by molar-refractivity contribution is -0.689. The first-order valence-corrected chi connectivity index (χ1v) is 15.3. The molecule has 206 valence electrons. The number of unbranched alkanes of at least 4 members (excludes halogenated alkanes) is 11. The fraction of sp³-hybridized carbons (Fsp3) is 0.500. The van der Waals surface area contributed by atoms with Gasteiger partial charge in [-0.3, -0.25) is 4.79 Å². The van der Waals surface area contributed by atoms with E-state index in [1.807, 2.05) is 24.3 Å². The number of hydrogen-bond donors (Lipinski definition) is 1. The van der Waals surface area contributed by atoms with Crippen LogP contribution in [0.1, 0.15) is 106 Å². The summed E-state index contributed by atoms with van der Waals surface area (Å²) in [5.74, 6) is -0.641. The molecule has 0 atom stereocenters. The molecule has 4 nitrogen and oxygen atoms in total. The van der Waals surface area contributed by atoms with E-state index in [2.05, 4.69) is 34.6 Å². The number of rotatable bonds is 18. The Labute approximate surface area is 232 Å². The molecule has 0 saturated carbocycles. The van der Waals surface area contributed by atoms with Gasteiger partial charge in [0.15, 0.2) is 23.8 Å². The summed E-state index contributed by atoms with van der Waals surface area (Å²) in [6, 6.07) is 12.1. The van der Waals surface area contributed by atoms with Crippen LogP contribution in [0.3, 0.4) is 0 Å². The van der Waals surface area contributed by atoms with E-state index in [1.165, 1.54) is 76.0 Å². The van der Waals surface area contributed by atoms with Crippen molar-refractivity contribution in [3.05, 3.63) is 76.0 Å². The maximum absolute atomic E-state index is 14.6. The Kier molecular flexibility index (Phi) is 13.3. The van der Waals surface area contributed by atoms with E-state index in [0.29, 0.717) is 12.3 Å². The van der Waals surface area contributed by atoms with Gasteiger partial charge in [0.2, 0.25) is 5.51 Å². The molecule has 0 fully saturated rings. The topological polar surface area (TPSA) is 42.2 Å². The zero-order valence-corrected chi connectivity index (χ0v) is 24.0. The molecule has 38 heavy (non-hydrogen) atoms. The van der Waals surface area contributed by atoms with Gasteiger partial charge in [0.1, 0.15) is 0 Å². The summed E-state index contributed by atoms with van der Waals surface area (Å²) < 4.78 is 22.4. The second-order valence-electron chi connectivity index (χ2n) is 10.2. The second-order valence-corrected chi connectivity index (χ2v) is 10.9. The Morgan fingerprint density at radius 1 is 0.895 bits per heavy atom. The molecular weight excluding hydrogens is 495 g/mol. The van der Waals surface area contributed by atoms with Crippen LogP contribution in [0.5, 0.6) is 5.75 Å². The number of benzene rings is 2. The normalized spacial score (nSPS) is 11.0. The number of carbonyl (C=O) groups excluding carboxylic acids is 1. The number of anilines is 1. The first kappa shape index (κ1) is 29.8. The summed E-state index contributed by atoms with van der Waals surface area (Å²) in [4.78, 5) is 12.6. The Morgan fingerprint density at radius 2 is 1.53 bits per heavy atom. The van der Waals surface area contributed by atoms with Gasteiger partial charge in [-0.1, -0.05) is 101 Å². The third-order valence-corrected chi connectivity index (χ3v) is 7.75. The lowest BCUT2D eigenvalue weighted by Crippen LogP contribution is -2.34. The summed E-state index contributed by atoms with van der Waals surface area (Å²) >= 11 is 1.68. The minimum Gasteiger partial charge on any atom is -0.491 e. The highest BCUT2D eigenvalue weighted by Crippen LogP contribution is 2.20. The lowest BCUT2D eigenvalue weighted by atomic mass is 10.1. The SMILES string of the molecule is CCCCCCCCCCCCCCOc1ccc(C(=O)Nc2ccc(C[n+]3cscc3C)cc2)cc1F. The van der Waals surface area contributed by atoms with Crippen LogP contribution in [-0.2, 0) is 6.54 Å². The van der Waals surface area contributed by atoms with Crippen LogP contribution in [0, 0.1) is 12.7 Å².